The average molecular weight is 490 g/mol. The van der Waals surface area contributed by atoms with Crippen LogP contribution in [0.15, 0.2) is 42.5 Å². The van der Waals surface area contributed by atoms with Gasteiger partial charge in [0.2, 0.25) is 11.8 Å². The molecule has 2 aromatic carbocycles. The summed E-state index contributed by atoms with van der Waals surface area (Å²) < 4.78 is 0. The van der Waals surface area contributed by atoms with E-state index in [2.05, 4.69) is 34.3 Å². The van der Waals surface area contributed by atoms with Gasteiger partial charge in [0, 0.05) is 56.9 Å². The highest BCUT2D eigenvalue weighted by atomic mass is 16.2. The minimum atomic E-state index is -0.686. The van der Waals surface area contributed by atoms with Crippen molar-refractivity contribution >= 4 is 34.8 Å². The van der Waals surface area contributed by atoms with E-state index in [0.717, 1.165) is 37.4 Å². The van der Waals surface area contributed by atoms with Crippen LogP contribution in [0.1, 0.15) is 48.5 Å². The van der Waals surface area contributed by atoms with Gasteiger partial charge in [-0.3, -0.25) is 19.3 Å². The monoisotopic (exact) mass is 489 g/mol. The Kier molecular flexibility index (Phi) is 6.47. The Bertz CT molecular complexity index is 1190. The van der Waals surface area contributed by atoms with Crippen molar-refractivity contribution in [1.29, 1.82) is 0 Å². The highest BCUT2D eigenvalue weighted by Crippen LogP contribution is 2.44. The molecule has 0 spiro atoms. The maximum absolute atomic E-state index is 13.3. The van der Waals surface area contributed by atoms with Crippen molar-refractivity contribution in [2.24, 2.45) is 0 Å². The number of hydrogen-bond acceptors (Lipinski definition) is 5. The van der Waals surface area contributed by atoms with Crippen molar-refractivity contribution in [3.05, 3.63) is 53.6 Å². The number of amides is 3. The second kappa shape index (κ2) is 9.58. The third kappa shape index (κ3) is 4.34. The van der Waals surface area contributed by atoms with Gasteiger partial charge in [-0.05, 0) is 69.6 Å². The number of benzene rings is 2. The van der Waals surface area contributed by atoms with Crippen molar-refractivity contribution in [2.45, 2.75) is 45.2 Å². The number of piperazine rings is 1. The van der Waals surface area contributed by atoms with E-state index < -0.39 is 5.66 Å². The maximum atomic E-state index is 13.3. The van der Waals surface area contributed by atoms with Gasteiger partial charge in [-0.1, -0.05) is 12.1 Å². The Morgan fingerprint density at radius 2 is 1.81 bits per heavy atom. The van der Waals surface area contributed by atoms with Gasteiger partial charge in [-0.25, -0.2) is 0 Å². The van der Waals surface area contributed by atoms with Crippen LogP contribution in [-0.2, 0) is 9.59 Å². The largest absolute Gasteiger partial charge is 0.369 e. The Morgan fingerprint density at radius 1 is 1.06 bits per heavy atom. The molecule has 0 aromatic heterocycles. The molecular weight excluding hydrogens is 454 g/mol. The topological polar surface area (TPSA) is 76.2 Å². The molecule has 1 atom stereocenters. The molecule has 2 fully saturated rings. The lowest BCUT2D eigenvalue weighted by atomic mass is 9.98. The van der Waals surface area contributed by atoms with Gasteiger partial charge in [0.15, 0.2) is 0 Å². The van der Waals surface area contributed by atoms with Crippen LogP contribution in [0.5, 0.6) is 0 Å². The Balaban J connectivity index is 1.21. The van der Waals surface area contributed by atoms with Crippen LogP contribution in [0, 0.1) is 6.92 Å². The zero-order valence-corrected chi connectivity index (χ0v) is 21.4. The van der Waals surface area contributed by atoms with Crippen LogP contribution in [0.3, 0.4) is 0 Å². The van der Waals surface area contributed by atoms with Crippen LogP contribution < -0.4 is 15.1 Å². The Labute approximate surface area is 212 Å². The van der Waals surface area contributed by atoms with E-state index in [1.165, 1.54) is 5.69 Å². The summed E-state index contributed by atoms with van der Waals surface area (Å²) in [5.74, 6) is -0.106. The maximum Gasteiger partial charge on any atom is 0.257 e. The van der Waals surface area contributed by atoms with Crippen LogP contribution in [0.2, 0.25) is 0 Å². The van der Waals surface area contributed by atoms with Crippen molar-refractivity contribution in [3.63, 3.8) is 0 Å². The molecule has 3 aliphatic rings. The zero-order valence-electron chi connectivity index (χ0n) is 21.4. The predicted octanol–water partition coefficient (Wildman–Crippen LogP) is 3.46. The fourth-order valence-corrected chi connectivity index (χ4v) is 5.70. The lowest BCUT2D eigenvalue weighted by Gasteiger charge is -2.48. The van der Waals surface area contributed by atoms with Gasteiger partial charge in [0.1, 0.15) is 5.66 Å². The van der Waals surface area contributed by atoms with Gasteiger partial charge in [0.05, 0.1) is 11.3 Å². The molecule has 3 heterocycles. The number of para-hydroxylation sites is 1. The van der Waals surface area contributed by atoms with Crippen LogP contribution in [0.4, 0.5) is 17.1 Å². The predicted molar refractivity (Wildman–Crippen MR) is 141 cm³/mol. The molecule has 3 aliphatic heterocycles. The molecule has 1 unspecified atom stereocenters. The molecule has 1 N–H and O–H groups in total. The molecule has 5 rings (SSSR count). The first-order chi connectivity index (χ1) is 17.3. The van der Waals surface area contributed by atoms with E-state index in [1.807, 2.05) is 38.1 Å². The van der Waals surface area contributed by atoms with Crippen LogP contribution in [-0.4, -0.2) is 73.0 Å². The summed E-state index contributed by atoms with van der Waals surface area (Å²) in [4.78, 5) is 47.1. The summed E-state index contributed by atoms with van der Waals surface area (Å²) in [7, 11) is 2.14. The molecule has 0 bridgehead atoms. The number of carbonyl (C=O) groups is 3. The number of carbonyl (C=O) groups excluding carboxylic acids is 3. The smallest absolute Gasteiger partial charge is 0.257 e. The van der Waals surface area contributed by atoms with Gasteiger partial charge in [0.25, 0.3) is 5.91 Å². The van der Waals surface area contributed by atoms with E-state index in [1.54, 1.807) is 15.9 Å². The number of nitrogens with one attached hydrogen (secondary N) is 1. The molecule has 8 heteroatoms. The van der Waals surface area contributed by atoms with Crippen molar-refractivity contribution in [3.8, 4) is 0 Å². The first kappa shape index (κ1) is 24.3. The normalized spacial score (nSPS) is 22.0. The molecule has 0 aliphatic carbocycles. The van der Waals surface area contributed by atoms with E-state index >= 15 is 0 Å². The molecule has 8 nitrogen and oxygen atoms in total. The third-order valence-corrected chi connectivity index (χ3v) is 7.88. The van der Waals surface area contributed by atoms with E-state index in [-0.39, 0.29) is 17.7 Å². The molecule has 36 heavy (non-hydrogen) atoms. The number of aryl methyl sites for hydroxylation is 1. The standard InChI is InChI=1S/C28H35N5O3/c1-20-19-21(31-17-15-30(3)16-18-31)10-11-23(20)29-25(34)9-6-14-32-27(36)22-7-4-5-8-24(22)33-26(35)12-13-28(32,33)2/h4-5,7-8,10-11,19H,6,9,12-18H2,1-3H3,(H,29,34). The summed E-state index contributed by atoms with van der Waals surface area (Å²) in [6.45, 7) is 8.50. The van der Waals surface area contributed by atoms with Gasteiger partial charge in [-0.15, -0.1) is 0 Å². The SMILES string of the molecule is Cc1cc(N2CCN(C)CC2)ccc1NC(=O)CCCN1C(=O)c2ccccc2N2C(=O)CCC12C. The average Bonchev–Trinajstić information content (AvgIpc) is 3.18. The fourth-order valence-electron chi connectivity index (χ4n) is 5.70. The lowest BCUT2D eigenvalue weighted by Crippen LogP contribution is -2.62. The van der Waals surface area contributed by atoms with Gasteiger partial charge in [-0.2, -0.15) is 0 Å². The number of rotatable bonds is 6. The van der Waals surface area contributed by atoms with Crippen LogP contribution in [0.25, 0.3) is 0 Å². The number of nitrogens with zero attached hydrogens (tertiary/aromatic N) is 4. The summed E-state index contributed by atoms with van der Waals surface area (Å²) in [6, 6.07) is 13.5. The molecule has 2 saturated heterocycles. The summed E-state index contributed by atoms with van der Waals surface area (Å²) in [5.41, 5.74) is 3.60. The molecule has 3 amide bonds. The highest BCUT2D eigenvalue weighted by molar-refractivity contribution is 6.10. The quantitative estimate of drug-likeness (QED) is 0.673. The van der Waals surface area contributed by atoms with Crippen LogP contribution >= 0.6 is 0 Å². The second-order valence-corrected chi connectivity index (χ2v) is 10.4. The van der Waals surface area contributed by atoms with E-state index in [9.17, 15) is 14.4 Å². The van der Waals surface area contributed by atoms with Gasteiger partial charge >= 0.3 is 0 Å². The van der Waals surface area contributed by atoms with E-state index in [4.69, 9.17) is 0 Å². The molecule has 190 valence electrons. The number of likely N-dealkylation sites (N-methyl/N-ethyl adjacent to an activating group) is 1. The first-order valence-corrected chi connectivity index (χ1v) is 12.9. The second-order valence-electron chi connectivity index (χ2n) is 10.4. The summed E-state index contributed by atoms with van der Waals surface area (Å²) in [5, 5.41) is 3.04. The van der Waals surface area contributed by atoms with E-state index in [0.29, 0.717) is 43.5 Å². The number of fused-ring (bicyclic) bond motifs is 3. The third-order valence-electron chi connectivity index (χ3n) is 7.88. The molecule has 0 radical (unpaired) electrons. The summed E-state index contributed by atoms with van der Waals surface area (Å²) >= 11 is 0. The summed E-state index contributed by atoms with van der Waals surface area (Å²) in [6.07, 6.45) is 1.83. The Morgan fingerprint density at radius 3 is 2.56 bits per heavy atom. The molecule has 2 aromatic rings. The minimum Gasteiger partial charge on any atom is -0.369 e. The zero-order chi connectivity index (χ0) is 25.4. The molecule has 0 saturated carbocycles. The lowest BCUT2D eigenvalue weighted by molar-refractivity contribution is -0.118. The minimum absolute atomic E-state index is 0.0377. The highest BCUT2D eigenvalue weighted by Gasteiger charge is 2.52. The molecular formula is C28H35N5O3. The van der Waals surface area contributed by atoms with Crippen molar-refractivity contribution in [2.75, 3.05) is 54.9 Å². The fraction of sp³-hybridized carbons (Fsp3) is 0.464. The number of hydrogen-bond donors (Lipinski definition) is 1. The first-order valence-electron chi connectivity index (χ1n) is 12.9. The van der Waals surface area contributed by atoms with Gasteiger partial charge < -0.3 is 20.0 Å². The Hall–Kier alpha value is -3.39. The van der Waals surface area contributed by atoms with Crippen molar-refractivity contribution in [1.82, 2.24) is 9.80 Å². The van der Waals surface area contributed by atoms with Crippen molar-refractivity contribution < 1.29 is 14.4 Å². The number of anilines is 3.